The number of rotatable bonds is 5. The summed E-state index contributed by atoms with van der Waals surface area (Å²) in [7, 11) is 0. The van der Waals surface area contributed by atoms with Gasteiger partial charge in [0, 0.05) is 5.56 Å². The van der Waals surface area contributed by atoms with Gasteiger partial charge in [-0.1, -0.05) is 30.3 Å². The first-order valence-electron chi connectivity index (χ1n) is 7.42. The van der Waals surface area contributed by atoms with E-state index in [2.05, 4.69) is 5.32 Å². The molecule has 0 aliphatic heterocycles. The number of Topliss-reactive ketones (excluding diaryl/α,β-unsaturated/α-hetero) is 1. The topological polar surface area (TPSA) is 114 Å². The molecule has 9 heteroatoms. The summed E-state index contributed by atoms with van der Waals surface area (Å²) in [5.74, 6) is -2.85. The molecule has 1 aromatic carbocycles. The fourth-order valence-corrected chi connectivity index (χ4v) is 2.28. The number of hydrogen-bond donors (Lipinski definition) is 2. The number of carbonyl (C=O) groups excluding carboxylic acids is 2. The standard InChI is InChI=1S/C17H12FN3O5/c18-11-9-21(17(25)20-15(11)23)14(13(22)10-5-2-1-3-6-10)19-16(24)12-7-4-8-26-12/h1-9,14H,(H,19,24)(H,20,23,25). The molecule has 26 heavy (non-hydrogen) atoms. The maximum absolute atomic E-state index is 13.7. The molecule has 0 saturated heterocycles. The van der Waals surface area contributed by atoms with E-state index in [4.69, 9.17) is 4.42 Å². The van der Waals surface area contributed by atoms with Gasteiger partial charge in [0.2, 0.25) is 11.6 Å². The van der Waals surface area contributed by atoms with Crippen molar-refractivity contribution in [2.24, 2.45) is 0 Å². The highest BCUT2D eigenvalue weighted by Gasteiger charge is 2.27. The Bertz CT molecular complexity index is 1050. The largest absolute Gasteiger partial charge is 0.459 e. The van der Waals surface area contributed by atoms with Crippen molar-refractivity contribution in [1.29, 1.82) is 0 Å². The fraction of sp³-hybridized carbons (Fsp3) is 0.0588. The summed E-state index contributed by atoms with van der Waals surface area (Å²) in [6, 6.07) is 10.6. The van der Waals surface area contributed by atoms with Crippen LogP contribution in [-0.4, -0.2) is 21.2 Å². The number of ketones is 1. The van der Waals surface area contributed by atoms with E-state index >= 15 is 0 Å². The first-order valence-corrected chi connectivity index (χ1v) is 7.42. The lowest BCUT2D eigenvalue weighted by atomic mass is 10.1. The number of nitrogens with one attached hydrogen (secondary N) is 2. The van der Waals surface area contributed by atoms with E-state index < -0.39 is 34.9 Å². The van der Waals surface area contributed by atoms with Crippen molar-refractivity contribution in [3.8, 4) is 0 Å². The van der Waals surface area contributed by atoms with Crippen LogP contribution in [0.4, 0.5) is 4.39 Å². The third-order valence-corrected chi connectivity index (χ3v) is 3.52. The Kier molecular flexibility index (Phi) is 4.61. The summed E-state index contributed by atoms with van der Waals surface area (Å²) in [5, 5.41) is 2.31. The van der Waals surface area contributed by atoms with Gasteiger partial charge >= 0.3 is 5.69 Å². The molecule has 3 rings (SSSR count). The Morgan fingerprint density at radius 2 is 1.85 bits per heavy atom. The van der Waals surface area contributed by atoms with Gasteiger partial charge in [-0.15, -0.1) is 0 Å². The number of carbonyl (C=O) groups is 2. The molecule has 0 fully saturated rings. The van der Waals surface area contributed by atoms with Crippen molar-refractivity contribution in [1.82, 2.24) is 14.9 Å². The molecule has 0 spiro atoms. The first-order chi connectivity index (χ1) is 12.5. The van der Waals surface area contributed by atoms with Crippen molar-refractivity contribution < 1.29 is 18.4 Å². The van der Waals surface area contributed by atoms with Crippen LogP contribution in [0.5, 0.6) is 0 Å². The molecule has 1 unspecified atom stereocenters. The second-order valence-electron chi connectivity index (χ2n) is 5.23. The van der Waals surface area contributed by atoms with Gasteiger partial charge in [0.1, 0.15) is 0 Å². The van der Waals surface area contributed by atoms with Gasteiger partial charge in [0.25, 0.3) is 11.5 Å². The highest BCUT2D eigenvalue weighted by molar-refractivity contribution is 6.02. The minimum absolute atomic E-state index is 0.103. The molecule has 2 heterocycles. The van der Waals surface area contributed by atoms with Crippen LogP contribution >= 0.6 is 0 Å². The van der Waals surface area contributed by atoms with Crippen molar-refractivity contribution in [2.75, 3.05) is 0 Å². The number of nitrogens with zero attached hydrogens (tertiary/aromatic N) is 1. The summed E-state index contributed by atoms with van der Waals surface area (Å²) in [5.41, 5.74) is -2.10. The molecular weight excluding hydrogens is 345 g/mol. The Labute approximate surface area is 144 Å². The van der Waals surface area contributed by atoms with Crippen molar-refractivity contribution in [2.45, 2.75) is 6.17 Å². The zero-order valence-electron chi connectivity index (χ0n) is 13.1. The van der Waals surface area contributed by atoms with Gasteiger partial charge in [-0.25, -0.2) is 4.79 Å². The molecule has 0 aliphatic rings. The predicted octanol–water partition coefficient (Wildman–Crippen LogP) is 1.08. The van der Waals surface area contributed by atoms with Gasteiger partial charge in [0.05, 0.1) is 12.5 Å². The lowest BCUT2D eigenvalue weighted by molar-refractivity contribution is 0.0796. The number of H-pyrrole nitrogens is 1. The Balaban J connectivity index is 2.06. The summed E-state index contributed by atoms with van der Waals surface area (Å²) in [6.07, 6.45) is 0.234. The van der Waals surface area contributed by atoms with E-state index in [9.17, 15) is 23.6 Å². The zero-order chi connectivity index (χ0) is 18.7. The highest BCUT2D eigenvalue weighted by Crippen LogP contribution is 2.12. The molecule has 1 atom stereocenters. The van der Waals surface area contributed by atoms with Gasteiger partial charge in [0.15, 0.2) is 11.9 Å². The minimum Gasteiger partial charge on any atom is -0.459 e. The molecule has 3 aromatic rings. The van der Waals surface area contributed by atoms with Crippen molar-refractivity contribution in [3.05, 3.63) is 92.9 Å². The number of amides is 1. The van der Waals surface area contributed by atoms with Gasteiger partial charge < -0.3 is 9.73 Å². The smallest absolute Gasteiger partial charge is 0.330 e. The maximum Gasteiger partial charge on any atom is 0.330 e. The SMILES string of the molecule is O=C(NC(C(=O)c1ccccc1)n1cc(F)c(=O)[nH]c1=O)c1ccco1. The molecule has 2 N–H and O–H groups in total. The highest BCUT2D eigenvalue weighted by atomic mass is 19.1. The van der Waals surface area contributed by atoms with Gasteiger partial charge in [-0.05, 0) is 12.1 Å². The third kappa shape index (κ3) is 3.36. The van der Waals surface area contributed by atoms with Crippen molar-refractivity contribution in [3.63, 3.8) is 0 Å². The van der Waals surface area contributed by atoms with Gasteiger partial charge in [-0.3, -0.25) is 23.9 Å². The molecular formula is C17H12FN3O5. The third-order valence-electron chi connectivity index (χ3n) is 3.52. The number of halogens is 1. The second-order valence-corrected chi connectivity index (χ2v) is 5.23. The predicted molar refractivity (Wildman–Crippen MR) is 87.3 cm³/mol. The van der Waals surface area contributed by atoms with Crippen LogP contribution in [0.3, 0.4) is 0 Å². The number of benzene rings is 1. The molecule has 0 bridgehead atoms. The van der Waals surface area contributed by atoms with Crippen LogP contribution in [0.2, 0.25) is 0 Å². The van der Waals surface area contributed by atoms with E-state index in [1.54, 1.807) is 23.2 Å². The molecule has 8 nitrogen and oxygen atoms in total. The maximum atomic E-state index is 13.7. The summed E-state index contributed by atoms with van der Waals surface area (Å²) in [6.45, 7) is 0. The Morgan fingerprint density at radius 1 is 1.12 bits per heavy atom. The van der Waals surface area contributed by atoms with E-state index in [1.807, 2.05) is 0 Å². The Morgan fingerprint density at radius 3 is 2.50 bits per heavy atom. The fourth-order valence-electron chi connectivity index (χ4n) is 2.28. The molecule has 0 saturated carbocycles. The van der Waals surface area contributed by atoms with Gasteiger partial charge in [-0.2, -0.15) is 4.39 Å². The van der Waals surface area contributed by atoms with Crippen LogP contribution in [0.1, 0.15) is 27.1 Å². The van der Waals surface area contributed by atoms with Crippen LogP contribution in [0.25, 0.3) is 0 Å². The number of furan rings is 1. The van der Waals surface area contributed by atoms with E-state index in [0.717, 1.165) is 0 Å². The average Bonchev–Trinajstić information content (AvgIpc) is 3.18. The van der Waals surface area contributed by atoms with Crippen LogP contribution < -0.4 is 16.6 Å². The minimum atomic E-state index is -1.59. The average molecular weight is 357 g/mol. The summed E-state index contributed by atoms with van der Waals surface area (Å²) < 4.78 is 19.2. The zero-order valence-corrected chi connectivity index (χ0v) is 13.1. The molecule has 0 aliphatic carbocycles. The first kappa shape index (κ1) is 17.1. The summed E-state index contributed by atoms with van der Waals surface area (Å²) >= 11 is 0. The number of aromatic nitrogens is 2. The van der Waals surface area contributed by atoms with Crippen LogP contribution in [0.15, 0.2) is 68.9 Å². The lowest BCUT2D eigenvalue weighted by Crippen LogP contribution is -2.44. The molecule has 132 valence electrons. The van der Waals surface area contributed by atoms with Crippen LogP contribution in [-0.2, 0) is 0 Å². The molecule has 1 amide bonds. The number of aromatic amines is 1. The molecule has 0 radical (unpaired) electrons. The van der Waals surface area contributed by atoms with E-state index in [0.29, 0.717) is 10.8 Å². The number of hydrogen-bond acceptors (Lipinski definition) is 5. The lowest BCUT2D eigenvalue weighted by Gasteiger charge is -2.19. The summed E-state index contributed by atoms with van der Waals surface area (Å²) in [4.78, 5) is 50.1. The molecule has 2 aromatic heterocycles. The Hall–Kier alpha value is -3.75. The monoisotopic (exact) mass is 357 g/mol. The van der Waals surface area contributed by atoms with E-state index in [-0.39, 0.29) is 11.3 Å². The quantitative estimate of drug-likeness (QED) is 0.663. The normalized spacial score (nSPS) is 11.7. The van der Waals surface area contributed by atoms with E-state index in [1.165, 1.54) is 30.5 Å². The van der Waals surface area contributed by atoms with Crippen molar-refractivity contribution >= 4 is 11.7 Å². The second kappa shape index (κ2) is 7.01. The van der Waals surface area contributed by atoms with Crippen LogP contribution in [0, 0.1) is 5.82 Å².